The third-order valence-corrected chi connectivity index (χ3v) is 2.86. The molecular formula is C11H11NO2S. The van der Waals surface area contributed by atoms with Gasteiger partial charge in [0.05, 0.1) is 0 Å². The second-order valence-corrected chi connectivity index (χ2v) is 3.96. The van der Waals surface area contributed by atoms with Gasteiger partial charge in [0.1, 0.15) is 5.75 Å². The monoisotopic (exact) mass is 221 g/mol. The Morgan fingerprint density at radius 2 is 2.33 bits per heavy atom. The number of ether oxygens (including phenoxy) is 1. The normalized spacial score (nSPS) is 10.2. The third kappa shape index (κ3) is 2.10. The molecule has 0 aliphatic carbocycles. The minimum Gasteiger partial charge on any atom is -0.410 e. The lowest BCUT2D eigenvalue weighted by atomic mass is 10.2. The second-order valence-electron chi connectivity index (χ2n) is 3.01. The molecule has 0 atom stereocenters. The first-order valence-corrected chi connectivity index (χ1v) is 5.61. The van der Waals surface area contributed by atoms with Crippen molar-refractivity contribution in [3.63, 3.8) is 0 Å². The zero-order chi connectivity index (χ0) is 10.7. The van der Waals surface area contributed by atoms with Gasteiger partial charge in [0.25, 0.3) is 0 Å². The lowest BCUT2D eigenvalue weighted by Gasteiger charge is -2.05. The van der Waals surface area contributed by atoms with Gasteiger partial charge in [-0.3, -0.25) is 0 Å². The van der Waals surface area contributed by atoms with E-state index in [0.29, 0.717) is 12.3 Å². The van der Waals surface area contributed by atoms with Gasteiger partial charge in [-0.2, -0.15) is 0 Å². The fraction of sp³-hybridized carbons (Fsp3) is 0.182. The van der Waals surface area contributed by atoms with E-state index in [1.807, 2.05) is 30.5 Å². The highest BCUT2D eigenvalue weighted by Crippen LogP contribution is 2.29. The fourth-order valence-electron chi connectivity index (χ4n) is 1.34. The smallest absolute Gasteiger partial charge is 0.410 e. The Balaban J connectivity index is 2.27. The lowest BCUT2D eigenvalue weighted by Crippen LogP contribution is -2.26. The summed E-state index contributed by atoms with van der Waals surface area (Å²) in [6.45, 7) is 2.42. The van der Waals surface area contributed by atoms with Crippen molar-refractivity contribution in [2.45, 2.75) is 6.92 Å². The highest BCUT2D eigenvalue weighted by atomic mass is 32.1. The summed E-state index contributed by atoms with van der Waals surface area (Å²) in [5.41, 5.74) is 0. The number of amides is 1. The summed E-state index contributed by atoms with van der Waals surface area (Å²) in [4.78, 5) is 11.2. The summed E-state index contributed by atoms with van der Waals surface area (Å²) in [6, 6.07) is 7.64. The predicted octanol–water partition coefficient (Wildman–Crippen LogP) is 3.01. The molecule has 4 heteroatoms. The molecule has 0 spiro atoms. The molecule has 0 bridgehead atoms. The Hall–Kier alpha value is -1.55. The molecule has 0 unspecified atom stereocenters. The number of nitrogens with one attached hydrogen (secondary N) is 1. The summed E-state index contributed by atoms with van der Waals surface area (Å²) in [5, 5.41) is 5.55. The van der Waals surface area contributed by atoms with Gasteiger partial charge in [0.2, 0.25) is 0 Å². The molecule has 1 amide bonds. The quantitative estimate of drug-likeness (QED) is 0.846. The van der Waals surface area contributed by atoms with Crippen molar-refractivity contribution < 1.29 is 9.53 Å². The van der Waals surface area contributed by atoms with Crippen molar-refractivity contribution in [2.75, 3.05) is 6.54 Å². The number of hydrogen-bond donors (Lipinski definition) is 1. The van der Waals surface area contributed by atoms with E-state index in [4.69, 9.17) is 4.74 Å². The molecule has 0 saturated carbocycles. The van der Waals surface area contributed by atoms with Gasteiger partial charge in [-0.1, -0.05) is 6.07 Å². The van der Waals surface area contributed by atoms with E-state index in [9.17, 15) is 4.79 Å². The Labute approximate surface area is 91.7 Å². The lowest BCUT2D eigenvalue weighted by molar-refractivity contribution is 0.201. The Morgan fingerprint density at radius 1 is 1.47 bits per heavy atom. The molecule has 2 rings (SSSR count). The van der Waals surface area contributed by atoms with Crippen molar-refractivity contribution >= 4 is 27.5 Å². The number of rotatable bonds is 2. The average Bonchev–Trinajstić information content (AvgIpc) is 2.67. The summed E-state index contributed by atoms with van der Waals surface area (Å²) < 4.78 is 6.31. The molecule has 15 heavy (non-hydrogen) atoms. The fourth-order valence-corrected chi connectivity index (χ4v) is 2.14. The molecule has 1 heterocycles. The van der Waals surface area contributed by atoms with Gasteiger partial charge in [-0.15, -0.1) is 11.3 Å². The van der Waals surface area contributed by atoms with Gasteiger partial charge < -0.3 is 10.1 Å². The van der Waals surface area contributed by atoms with Gasteiger partial charge in [-0.05, 0) is 30.5 Å². The standard InChI is InChI=1S/C11H11NO2S/c1-2-12-11(13)14-9-4-3-5-10-8(9)6-7-15-10/h3-7H,2H2,1H3,(H,12,13). The van der Waals surface area contributed by atoms with E-state index in [1.165, 1.54) is 0 Å². The van der Waals surface area contributed by atoms with Crippen LogP contribution in [0.4, 0.5) is 4.79 Å². The van der Waals surface area contributed by atoms with E-state index in [-0.39, 0.29) is 0 Å². The van der Waals surface area contributed by atoms with E-state index < -0.39 is 6.09 Å². The number of benzene rings is 1. The summed E-state index contributed by atoms with van der Waals surface area (Å²) in [6.07, 6.45) is -0.406. The van der Waals surface area contributed by atoms with E-state index in [1.54, 1.807) is 17.4 Å². The van der Waals surface area contributed by atoms with Crippen LogP contribution in [0.5, 0.6) is 5.75 Å². The van der Waals surface area contributed by atoms with Crippen LogP contribution in [0.1, 0.15) is 6.92 Å². The largest absolute Gasteiger partial charge is 0.412 e. The minimum absolute atomic E-state index is 0.406. The topological polar surface area (TPSA) is 38.3 Å². The molecule has 78 valence electrons. The van der Waals surface area contributed by atoms with Crippen molar-refractivity contribution in [2.24, 2.45) is 0 Å². The van der Waals surface area contributed by atoms with Crippen molar-refractivity contribution in [1.29, 1.82) is 0 Å². The summed E-state index contributed by atoms with van der Waals surface area (Å²) in [5.74, 6) is 0.611. The molecule has 1 aromatic heterocycles. The molecular weight excluding hydrogens is 210 g/mol. The van der Waals surface area contributed by atoms with Crippen molar-refractivity contribution in [3.8, 4) is 5.75 Å². The first kappa shape index (κ1) is 9.98. The maximum atomic E-state index is 11.2. The highest BCUT2D eigenvalue weighted by molar-refractivity contribution is 7.17. The zero-order valence-electron chi connectivity index (χ0n) is 8.32. The van der Waals surface area contributed by atoms with E-state index in [2.05, 4.69) is 5.32 Å². The van der Waals surface area contributed by atoms with Crippen LogP contribution in [0, 0.1) is 0 Å². The second kappa shape index (κ2) is 4.31. The molecule has 0 saturated heterocycles. The molecule has 3 nitrogen and oxygen atoms in total. The molecule has 0 fully saturated rings. The Bertz CT molecular complexity index is 478. The maximum absolute atomic E-state index is 11.2. The first-order chi connectivity index (χ1) is 7.31. The van der Waals surface area contributed by atoms with Crippen LogP contribution in [-0.4, -0.2) is 12.6 Å². The Morgan fingerprint density at radius 3 is 3.13 bits per heavy atom. The summed E-state index contributed by atoms with van der Waals surface area (Å²) in [7, 11) is 0. The van der Waals surface area contributed by atoms with Crippen LogP contribution in [0.3, 0.4) is 0 Å². The molecule has 0 aliphatic rings. The number of fused-ring (bicyclic) bond motifs is 1. The van der Waals surface area contributed by atoms with Gasteiger partial charge in [-0.25, -0.2) is 4.79 Å². The number of carbonyl (C=O) groups is 1. The molecule has 1 N–H and O–H groups in total. The zero-order valence-corrected chi connectivity index (χ0v) is 9.14. The van der Waals surface area contributed by atoms with Crippen LogP contribution in [-0.2, 0) is 0 Å². The van der Waals surface area contributed by atoms with Crippen molar-refractivity contribution in [1.82, 2.24) is 5.32 Å². The highest BCUT2D eigenvalue weighted by Gasteiger charge is 2.06. The van der Waals surface area contributed by atoms with Crippen LogP contribution >= 0.6 is 11.3 Å². The average molecular weight is 221 g/mol. The minimum atomic E-state index is -0.406. The number of hydrogen-bond acceptors (Lipinski definition) is 3. The van der Waals surface area contributed by atoms with Crippen LogP contribution in [0.25, 0.3) is 10.1 Å². The summed E-state index contributed by atoms with van der Waals surface area (Å²) >= 11 is 1.63. The molecule has 0 aliphatic heterocycles. The van der Waals surface area contributed by atoms with E-state index >= 15 is 0 Å². The van der Waals surface area contributed by atoms with Gasteiger partial charge in [0.15, 0.2) is 0 Å². The van der Waals surface area contributed by atoms with Gasteiger partial charge in [0, 0.05) is 16.6 Å². The van der Waals surface area contributed by atoms with Crippen molar-refractivity contribution in [3.05, 3.63) is 29.6 Å². The van der Waals surface area contributed by atoms with Gasteiger partial charge >= 0.3 is 6.09 Å². The predicted molar refractivity (Wildman–Crippen MR) is 61.5 cm³/mol. The number of thiophene rings is 1. The molecule has 0 radical (unpaired) electrons. The van der Waals surface area contributed by atoms with Crippen LogP contribution in [0.15, 0.2) is 29.6 Å². The maximum Gasteiger partial charge on any atom is 0.412 e. The Kier molecular flexibility index (Phi) is 2.87. The third-order valence-electron chi connectivity index (χ3n) is 1.98. The number of carbonyl (C=O) groups excluding carboxylic acids is 1. The van der Waals surface area contributed by atoms with Crippen LogP contribution in [0.2, 0.25) is 0 Å². The SMILES string of the molecule is CCNC(=O)Oc1cccc2sccc12. The molecule has 1 aromatic carbocycles. The van der Waals surface area contributed by atoms with E-state index in [0.717, 1.165) is 10.1 Å². The van der Waals surface area contributed by atoms with Crippen LogP contribution < -0.4 is 10.1 Å². The molecule has 2 aromatic rings. The first-order valence-electron chi connectivity index (χ1n) is 4.73.